The molecule has 0 radical (unpaired) electrons. The first-order valence-electron chi connectivity index (χ1n) is 10.6. The van der Waals surface area contributed by atoms with Gasteiger partial charge in [0.1, 0.15) is 5.60 Å². The minimum Gasteiger partial charge on any atom is -0.444 e. The van der Waals surface area contributed by atoms with Crippen LogP contribution in [0.4, 0.5) is 31.1 Å². The molecule has 0 heterocycles. The van der Waals surface area contributed by atoms with Crippen molar-refractivity contribution in [1.29, 1.82) is 0 Å². The third kappa shape index (κ3) is 7.12. The molecule has 1 aromatic carbocycles. The zero-order chi connectivity index (χ0) is 27.0. The number of alkyl halides is 6. The minimum atomic E-state index is -5.02. The van der Waals surface area contributed by atoms with E-state index >= 15 is 0 Å². The topological polar surface area (TPSA) is 87.7 Å². The summed E-state index contributed by atoms with van der Waals surface area (Å²) >= 11 is 0. The van der Waals surface area contributed by atoms with Gasteiger partial charge in [-0.3, -0.25) is 4.79 Å². The van der Waals surface area contributed by atoms with Crippen molar-refractivity contribution in [3.8, 4) is 0 Å². The Balaban J connectivity index is 2.24. The number of benzene rings is 1. The number of halogens is 6. The lowest BCUT2D eigenvalue weighted by Crippen LogP contribution is -2.53. The van der Waals surface area contributed by atoms with Crippen LogP contribution in [-0.2, 0) is 28.4 Å². The van der Waals surface area contributed by atoms with Crippen LogP contribution in [0.25, 0.3) is 0 Å². The summed E-state index contributed by atoms with van der Waals surface area (Å²) in [5, 5.41) is 15.6. The van der Waals surface area contributed by atoms with E-state index in [4.69, 9.17) is 4.74 Å². The smallest absolute Gasteiger partial charge is 0.416 e. The summed E-state index contributed by atoms with van der Waals surface area (Å²) in [4.78, 5) is 25.2. The van der Waals surface area contributed by atoms with Crippen LogP contribution in [0, 0.1) is 5.41 Å². The van der Waals surface area contributed by atoms with Gasteiger partial charge in [-0.15, -0.1) is 0 Å². The number of aliphatic hydroxyl groups is 1. The fourth-order valence-electron chi connectivity index (χ4n) is 3.68. The van der Waals surface area contributed by atoms with Gasteiger partial charge in [0.05, 0.1) is 28.2 Å². The van der Waals surface area contributed by atoms with E-state index in [1.165, 1.54) is 26.0 Å². The Bertz CT molecular complexity index is 957. The highest BCUT2D eigenvalue weighted by atomic mass is 19.4. The second-order valence-corrected chi connectivity index (χ2v) is 9.94. The van der Waals surface area contributed by atoms with Crippen LogP contribution in [0.2, 0.25) is 0 Å². The number of carbonyl (C=O) groups is 2. The first-order valence-corrected chi connectivity index (χ1v) is 10.6. The van der Waals surface area contributed by atoms with Gasteiger partial charge in [0, 0.05) is 6.54 Å². The largest absolute Gasteiger partial charge is 0.444 e. The lowest BCUT2D eigenvalue weighted by Gasteiger charge is -2.38. The van der Waals surface area contributed by atoms with E-state index in [-0.39, 0.29) is 12.5 Å². The van der Waals surface area contributed by atoms with Gasteiger partial charge in [0.25, 0.3) is 0 Å². The highest BCUT2D eigenvalue weighted by Crippen LogP contribution is 2.43. The number of carbonyl (C=O) groups excluding carboxylic acids is 2. The highest BCUT2D eigenvalue weighted by Gasteiger charge is 2.52. The average molecular weight is 510 g/mol. The second kappa shape index (κ2) is 9.36. The third-order valence-corrected chi connectivity index (χ3v) is 5.45. The molecule has 0 aliphatic heterocycles. The molecule has 1 aromatic rings. The maximum absolute atomic E-state index is 13.1. The van der Waals surface area contributed by atoms with Crippen LogP contribution in [0.5, 0.6) is 0 Å². The van der Waals surface area contributed by atoms with E-state index in [0.717, 1.165) is 0 Å². The van der Waals surface area contributed by atoms with Gasteiger partial charge in [-0.2, -0.15) is 26.3 Å². The molecule has 35 heavy (non-hydrogen) atoms. The molecular formula is C23H28F6N2O4. The highest BCUT2D eigenvalue weighted by molar-refractivity contribution is 5.87. The molecule has 0 bridgehead atoms. The van der Waals surface area contributed by atoms with Crippen molar-refractivity contribution in [2.24, 2.45) is 5.41 Å². The number of hydrogen-bond donors (Lipinski definition) is 3. The molecule has 12 heteroatoms. The summed E-state index contributed by atoms with van der Waals surface area (Å²) in [7, 11) is 0. The van der Waals surface area contributed by atoms with E-state index in [0.29, 0.717) is 12.1 Å². The van der Waals surface area contributed by atoms with Crippen molar-refractivity contribution >= 4 is 12.0 Å². The van der Waals surface area contributed by atoms with Gasteiger partial charge in [0.15, 0.2) is 0 Å². The molecule has 0 spiro atoms. The fraction of sp³-hybridized carbons (Fsp3) is 0.565. The number of amides is 2. The van der Waals surface area contributed by atoms with Crippen molar-refractivity contribution in [2.75, 3.05) is 0 Å². The Labute approximate surface area is 198 Å². The molecule has 0 fully saturated rings. The normalized spacial score (nSPS) is 21.1. The van der Waals surface area contributed by atoms with E-state index in [1.807, 2.05) is 0 Å². The standard InChI is InChI=1S/C23H28F6N2O4/c1-19(2,3)35-18(33)31-16-6-7-21(11-16,20(4,5)34)17(32)30-12-13-8-14(22(24,25)26)10-15(9-13)23(27,28)29/h6-10,16,34H,11-12H2,1-5H3,(H,30,32)(H,31,33)/t16-,21-/m1/s1. The Hall–Kier alpha value is -2.76. The summed E-state index contributed by atoms with van der Waals surface area (Å²) in [5.41, 5.74) is -7.52. The molecule has 0 aromatic heterocycles. The predicted octanol–water partition coefficient (Wildman–Crippen LogP) is 4.95. The molecule has 1 aliphatic carbocycles. The molecule has 196 valence electrons. The van der Waals surface area contributed by atoms with Gasteiger partial charge < -0.3 is 20.5 Å². The van der Waals surface area contributed by atoms with E-state index < -0.39 is 70.2 Å². The van der Waals surface area contributed by atoms with Gasteiger partial charge in [-0.05, 0) is 64.8 Å². The van der Waals surface area contributed by atoms with E-state index in [9.17, 15) is 41.0 Å². The molecule has 0 saturated heterocycles. The first-order chi connectivity index (χ1) is 15.6. The molecule has 2 amide bonds. The molecule has 6 nitrogen and oxygen atoms in total. The lowest BCUT2D eigenvalue weighted by molar-refractivity contribution is -0.143. The summed E-state index contributed by atoms with van der Waals surface area (Å²) in [6, 6.07) is 0.316. The molecule has 1 aliphatic rings. The number of nitrogens with one attached hydrogen (secondary N) is 2. The van der Waals surface area contributed by atoms with E-state index in [1.54, 1.807) is 20.8 Å². The molecule has 2 atom stereocenters. The molecule has 0 unspecified atom stereocenters. The Morgan fingerprint density at radius 2 is 1.51 bits per heavy atom. The SMILES string of the molecule is CC(C)(C)OC(=O)N[C@@H]1C=C[C@@](C(=O)NCc2cc(C(F)(F)F)cc(C(F)(F)F)c2)(C(C)(C)O)C1. The Morgan fingerprint density at radius 1 is 1.00 bits per heavy atom. The summed E-state index contributed by atoms with van der Waals surface area (Å²) < 4.78 is 83.8. The van der Waals surface area contributed by atoms with Crippen molar-refractivity contribution in [3.63, 3.8) is 0 Å². The van der Waals surface area contributed by atoms with Gasteiger partial charge >= 0.3 is 18.4 Å². The maximum Gasteiger partial charge on any atom is 0.416 e. The van der Waals surface area contributed by atoms with Crippen molar-refractivity contribution in [2.45, 2.75) is 77.2 Å². The van der Waals surface area contributed by atoms with Crippen LogP contribution < -0.4 is 10.6 Å². The quantitative estimate of drug-likeness (QED) is 0.387. The number of alkyl carbamates (subject to hydrolysis) is 1. The maximum atomic E-state index is 13.1. The summed E-state index contributed by atoms with van der Waals surface area (Å²) in [6.07, 6.45) is -8.10. The first kappa shape index (κ1) is 28.5. The average Bonchev–Trinajstić information content (AvgIpc) is 3.08. The number of rotatable bonds is 5. The molecule has 2 rings (SSSR count). The Morgan fingerprint density at radius 3 is 1.94 bits per heavy atom. The third-order valence-electron chi connectivity index (χ3n) is 5.45. The lowest BCUT2D eigenvalue weighted by atomic mass is 9.72. The van der Waals surface area contributed by atoms with Crippen LogP contribution in [-0.4, -0.2) is 34.4 Å². The van der Waals surface area contributed by atoms with Gasteiger partial charge in [0.2, 0.25) is 5.91 Å². The zero-order valence-corrected chi connectivity index (χ0v) is 19.8. The van der Waals surface area contributed by atoms with Crippen LogP contribution in [0.3, 0.4) is 0 Å². The van der Waals surface area contributed by atoms with Crippen LogP contribution in [0.1, 0.15) is 57.7 Å². The van der Waals surface area contributed by atoms with Gasteiger partial charge in [-0.1, -0.05) is 12.2 Å². The van der Waals surface area contributed by atoms with Crippen LogP contribution >= 0.6 is 0 Å². The van der Waals surface area contributed by atoms with Gasteiger partial charge in [-0.25, -0.2) is 4.79 Å². The minimum absolute atomic E-state index is 0.00368. The van der Waals surface area contributed by atoms with E-state index in [2.05, 4.69) is 10.6 Å². The van der Waals surface area contributed by atoms with Crippen LogP contribution in [0.15, 0.2) is 30.4 Å². The number of hydrogen-bond acceptors (Lipinski definition) is 4. The predicted molar refractivity (Wildman–Crippen MR) is 114 cm³/mol. The number of ether oxygens (including phenoxy) is 1. The second-order valence-electron chi connectivity index (χ2n) is 9.94. The van der Waals surface area contributed by atoms with Crippen molar-refractivity contribution in [1.82, 2.24) is 10.6 Å². The Kier molecular flexibility index (Phi) is 7.62. The molecular weight excluding hydrogens is 482 g/mol. The monoisotopic (exact) mass is 510 g/mol. The fourth-order valence-corrected chi connectivity index (χ4v) is 3.68. The summed E-state index contributed by atoms with van der Waals surface area (Å²) in [6.45, 7) is 6.98. The zero-order valence-electron chi connectivity index (χ0n) is 19.8. The van der Waals surface area contributed by atoms with Crippen molar-refractivity contribution < 1.29 is 45.8 Å². The molecule has 0 saturated carbocycles. The van der Waals surface area contributed by atoms with Crippen molar-refractivity contribution in [3.05, 3.63) is 47.0 Å². The summed E-state index contributed by atoms with van der Waals surface area (Å²) in [5.74, 6) is -0.833. The molecule has 3 N–H and O–H groups in total.